The number of nitrogen functional groups attached to an aromatic ring is 1. The molecule has 0 bridgehead atoms. The van der Waals surface area contributed by atoms with Gasteiger partial charge in [0.25, 0.3) is 0 Å². The highest BCUT2D eigenvalue weighted by Crippen LogP contribution is 2.29. The van der Waals surface area contributed by atoms with Gasteiger partial charge in [0.2, 0.25) is 0 Å². The molecule has 0 aromatic heterocycles. The van der Waals surface area contributed by atoms with Crippen molar-refractivity contribution >= 4 is 28.6 Å². The molecule has 78 valence electrons. The summed E-state index contributed by atoms with van der Waals surface area (Å²) in [6, 6.07) is 3.06. The number of hydrogen-bond donors (Lipinski definition) is 2. The van der Waals surface area contributed by atoms with Crippen molar-refractivity contribution in [3.63, 3.8) is 0 Å². The molecule has 1 rings (SSSR count). The van der Waals surface area contributed by atoms with Gasteiger partial charge in [0.05, 0.1) is 5.69 Å². The van der Waals surface area contributed by atoms with Crippen LogP contribution in [0.3, 0.4) is 0 Å². The zero-order chi connectivity index (χ0) is 10.7. The Morgan fingerprint density at radius 3 is 2.79 bits per heavy atom. The van der Waals surface area contributed by atoms with E-state index in [9.17, 15) is 4.21 Å². The van der Waals surface area contributed by atoms with Crippen molar-refractivity contribution in [1.29, 1.82) is 0 Å². The van der Waals surface area contributed by atoms with Gasteiger partial charge in [-0.25, -0.2) is 0 Å². The van der Waals surface area contributed by atoms with Gasteiger partial charge in [-0.1, -0.05) is 18.5 Å². The summed E-state index contributed by atoms with van der Waals surface area (Å²) in [6.07, 6.45) is 0.742. The summed E-state index contributed by atoms with van der Waals surface area (Å²) < 4.78 is 23.4. The number of anilines is 1. The highest BCUT2D eigenvalue weighted by atomic mass is 35.5. The predicted molar refractivity (Wildman–Crippen MR) is 56.6 cm³/mol. The second kappa shape index (κ2) is 4.63. The van der Waals surface area contributed by atoms with Gasteiger partial charge < -0.3 is 9.92 Å². The molecule has 1 aromatic rings. The topological polar surface area (TPSA) is 72.5 Å². The predicted octanol–water partition coefficient (Wildman–Crippen LogP) is 2.00. The minimum absolute atomic E-state index is 0.119. The molecule has 0 radical (unpaired) electrons. The van der Waals surface area contributed by atoms with E-state index >= 15 is 0 Å². The molecule has 0 spiro atoms. The highest BCUT2D eigenvalue weighted by molar-refractivity contribution is 7.74. The molecule has 0 saturated carbocycles. The Balaban J connectivity index is 3.08. The van der Waals surface area contributed by atoms with Crippen LogP contribution in [0.15, 0.2) is 12.1 Å². The van der Waals surface area contributed by atoms with Crippen LogP contribution < -0.4 is 9.92 Å². The van der Waals surface area contributed by atoms with Crippen molar-refractivity contribution in [3.8, 4) is 5.75 Å². The fourth-order valence-electron chi connectivity index (χ4n) is 1.04. The summed E-state index contributed by atoms with van der Waals surface area (Å²) >= 11 is 3.49. The lowest BCUT2D eigenvalue weighted by atomic mass is 10.1. The maximum absolute atomic E-state index is 10.4. The van der Waals surface area contributed by atoms with E-state index in [1.165, 1.54) is 6.07 Å². The molecule has 1 aromatic carbocycles. The molecule has 1 atom stereocenters. The first-order valence-electron chi connectivity index (χ1n) is 3.91. The number of benzene rings is 1. The van der Waals surface area contributed by atoms with Crippen molar-refractivity contribution in [2.75, 3.05) is 5.73 Å². The fraction of sp³-hybridized carbons (Fsp3) is 0.250. The fourth-order valence-corrected chi connectivity index (χ4v) is 1.62. The largest absolute Gasteiger partial charge is 0.396 e. The van der Waals surface area contributed by atoms with E-state index in [1.807, 2.05) is 6.92 Å². The molecule has 0 aliphatic rings. The van der Waals surface area contributed by atoms with Gasteiger partial charge in [0, 0.05) is 11.1 Å². The number of halogens is 1. The standard InChI is InChI=1S/C8H10ClNO3S/c1-2-5-3-7(10)8(4-6(5)9)13-14(11)12/h3-4H,2,10H2,1H3,(H,11,12). The average molecular weight is 236 g/mol. The van der Waals surface area contributed by atoms with E-state index in [2.05, 4.69) is 4.18 Å². The molecular weight excluding hydrogens is 226 g/mol. The van der Waals surface area contributed by atoms with Gasteiger partial charge >= 0.3 is 11.4 Å². The third-order valence-electron chi connectivity index (χ3n) is 1.72. The first-order valence-corrected chi connectivity index (χ1v) is 5.32. The van der Waals surface area contributed by atoms with Crippen molar-refractivity contribution in [3.05, 3.63) is 22.7 Å². The van der Waals surface area contributed by atoms with Gasteiger partial charge in [-0.15, -0.1) is 0 Å². The zero-order valence-electron chi connectivity index (χ0n) is 7.49. The third-order valence-corrected chi connectivity index (χ3v) is 2.39. The van der Waals surface area contributed by atoms with Gasteiger partial charge in [-0.2, -0.15) is 4.21 Å². The molecule has 3 N–H and O–H groups in total. The first-order chi connectivity index (χ1) is 6.54. The Morgan fingerprint density at radius 2 is 2.29 bits per heavy atom. The Morgan fingerprint density at radius 1 is 1.64 bits per heavy atom. The van der Waals surface area contributed by atoms with Crippen molar-refractivity contribution in [1.82, 2.24) is 0 Å². The van der Waals surface area contributed by atoms with Crippen LogP contribution in [0.4, 0.5) is 5.69 Å². The van der Waals surface area contributed by atoms with Crippen LogP contribution in [-0.4, -0.2) is 8.76 Å². The smallest absolute Gasteiger partial charge is 0.357 e. The molecule has 0 aliphatic heterocycles. The SMILES string of the molecule is CCc1cc(N)c(OS(=O)O)cc1Cl. The molecule has 14 heavy (non-hydrogen) atoms. The van der Waals surface area contributed by atoms with Crippen LogP contribution in [0.2, 0.25) is 5.02 Å². The summed E-state index contributed by atoms with van der Waals surface area (Å²) in [6.45, 7) is 1.94. The summed E-state index contributed by atoms with van der Waals surface area (Å²) in [7, 11) is 0. The lowest BCUT2D eigenvalue weighted by Crippen LogP contribution is -2.01. The van der Waals surface area contributed by atoms with E-state index in [4.69, 9.17) is 21.9 Å². The molecule has 0 amide bonds. The third kappa shape index (κ3) is 2.60. The maximum Gasteiger partial charge on any atom is 0.357 e. The summed E-state index contributed by atoms with van der Waals surface area (Å²) in [5.74, 6) is 0.119. The summed E-state index contributed by atoms with van der Waals surface area (Å²) in [4.78, 5) is 0. The summed E-state index contributed by atoms with van der Waals surface area (Å²) in [5, 5.41) is 0.474. The quantitative estimate of drug-likeness (QED) is 0.621. The monoisotopic (exact) mass is 235 g/mol. The Hall–Kier alpha value is -0.780. The zero-order valence-corrected chi connectivity index (χ0v) is 9.06. The molecule has 0 fully saturated rings. The van der Waals surface area contributed by atoms with Crippen LogP contribution in [0, 0.1) is 0 Å². The first kappa shape index (κ1) is 11.3. The van der Waals surface area contributed by atoms with Crippen molar-refractivity contribution in [2.24, 2.45) is 0 Å². The van der Waals surface area contributed by atoms with Crippen LogP contribution >= 0.6 is 11.6 Å². The maximum atomic E-state index is 10.4. The highest BCUT2D eigenvalue weighted by Gasteiger charge is 2.08. The number of rotatable bonds is 3. The molecular formula is C8H10ClNO3S. The van der Waals surface area contributed by atoms with Gasteiger partial charge in [0.1, 0.15) is 0 Å². The minimum atomic E-state index is -2.38. The number of nitrogens with two attached hydrogens (primary N) is 1. The van der Waals surface area contributed by atoms with E-state index in [0.29, 0.717) is 10.7 Å². The van der Waals surface area contributed by atoms with E-state index in [0.717, 1.165) is 12.0 Å². The van der Waals surface area contributed by atoms with Crippen LogP contribution in [0.1, 0.15) is 12.5 Å². The van der Waals surface area contributed by atoms with Crippen molar-refractivity contribution < 1.29 is 12.9 Å². The Bertz CT molecular complexity index is 370. The van der Waals surface area contributed by atoms with Gasteiger partial charge in [0.15, 0.2) is 5.75 Å². The summed E-state index contributed by atoms with van der Waals surface area (Å²) in [5.41, 5.74) is 6.76. The molecule has 6 heteroatoms. The normalized spacial score (nSPS) is 12.5. The lowest BCUT2D eigenvalue weighted by Gasteiger charge is -2.07. The Labute approximate surface area is 89.5 Å². The van der Waals surface area contributed by atoms with E-state index in [1.54, 1.807) is 6.07 Å². The molecule has 1 unspecified atom stereocenters. The van der Waals surface area contributed by atoms with Gasteiger partial charge in [-0.3, -0.25) is 4.55 Å². The molecule has 4 nitrogen and oxygen atoms in total. The van der Waals surface area contributed by atoms with E-state index < -0.39 is 11.4 Å². The second-order valence-corrected chi connectivity index (χ2v) is 3.64. The van der Waals surface area contributed by atoms with Crippen LogP contribution in [-0.2, 0) is 17.8 Å². The lowest BCUT2D eigenvalue weighted by molar-refractivity contribution is 0.459. The van der Waals surface area contributed by atoms with E-state index in [-0.39, 0.29) is 5.75 Å². The number of aryl methyl sites for hydroxylation is 1. The molecule has 0 heterocycles. The van der Waals surface area contributed by atoms with Gasteiger partial charge in [-0.05, 0) is 18.1 Å². The van der Waals surface area contributed by atoms with Crippen LogP contribution in [0.5, 0.6) is 5.75 Å². The average Bonchev–Trinajstić information content (AvgIpc) is 2.10. The second-order valence-electron chi connectivity index (χ2n) is 2.64. The molecule has 0 saturated heterocycles. The van der Waals surface area contributed by atoms with Crippen LogP contribution in [0.25, 0.3) is 0 Å². The van der Waals surface area contributed by atoms with Crippen molar-refractivity contribution in [2.45, 2.75) is 13.3 Å². The Kier molecular flexibility index (Phi) is 3.74. The minimum Gasteiger partial charge on any atom is -0.396 e. The number of hydrogen-bond acceptors (Lipinski definition) is 3. The molecule has 0 aliphatic carbocycles.